The number of rotatable bonds is 4. The van der Waals surface area contributed by atoms with Crippen LogP contribution < -0.4 is 10.6 Å². The summed E-state index contributed by atoms with van der Waals surface area (Å²) >= 11 is 11.3. The summed E-state index contributed by atoms with van der Waals surface area (Å²) in [6, 6.07) is 14.8. The molecule has 0 bridgehead atoms. The summed E-state index contributed by atoms with van der Waals surface area (Å²) in [6.45, 7) is 0.646. The van der Waals surface area contributed by atoms with Gasteiger partial charge in [-0.05, 0) is 54.2 Å². The molecule has 0 unspecified atom stereocenters. The van der Waals surface area contributed by atoms with Crippen LogP contribution in [0.5, 0.6) is 0 Å². The minimum atomic E-state index is -0.0927. The van der Waals surface area contributed by atoms with E-state index in [1.54, 1.807) is 19.2 Å². The smallest absolute Gasteiger partial charge is 0.251 e. The van der Waals surface area contributed by atoms with E-state index < -0.39 is 0 Å². The van der Waals surface area contributed by atoms with Crippen molar-refractivity contribution >= 4 is 40.5 Å². The average molecular weight is 348 g/mol. The number of amides is 1. The number of benzene rings is 2. The van der Waals surface area contributed by atoms with Crippen molar-refractivity contribution in [3.63, 3.8) is 0 Å². The largest absolute Gasteiger partial charge is 0.355 e. The Kier molecular flexibility index (Phi) is 5.96. The van der Waals surface area contributed by atoms with Gasteiger partial charge in [0.25, 0.3) is 5.91 Å². The molecule has 2 aromatic rings. The first-order valence-corrected chi connectivity index (χ1v) is 7.87. The van der Waals surface area contributed by atoms with Crippen LogP contribution in [0.2, 0.25) is 5.02 Å². The van der Waals surface area contributed by atoms with Gasteiger partial charge in [-0.15, -0.1) is 0 Å². The molecule has 0 saturated heterocycles. The van der Waals surface area contributed by atoms with Crippen LogP contribution in [0.25, 0.3) is 0 Å². The van der Waals surface area contributed by atoms with Crippen molar-refractivity contribution in [1.82, 2.24) is 10.2 Å². The molecule has 2 N–H and O–H groups in total. The van der Waals surface area contributed by atoms with E-state index in [1.807, 2.05) is 48.3 Å². The normalized spacial score (nSPS) is 10.0. The molecule has 0 heterocycles. The average Bonchev–Trinajstić information content (AvgIpc) is 2.56. The fourth-order valence-corrected chi connectivity index (χ4v) is 2.31. The van der Waals surface area contributed by atoms with Crippen molar-refractivity contribution in [2.24, 2.45) is 0 Å². The monoisotopic (exact) mass is 347 g/mol. The first-order valence-electron chi connectivity index (χ1n) is 7.08. The summed E-state index contributed by atoms with van der Waals surface area (Å²) < 4.78 is 0. The van der Waals surface area contributed by atoms with Crippen molar-refractivity contribution in [2.75, 3.05) is 19.4 Å². The minimum absolute atomic E-state index is 0.0927. The second kappa shape index (κ2) is 7.94. The molecule has 0 saturated carbocycles. The zero-order chi connectivity index (χ0) is 16.8. The van der Waals surface area contributed by atoms with Crippen LogP contribution in [0.1, 0.15) is 15.9 Å². The lowest BCUT2D eigenvalue weighted by molar-refractivity contribution is 0.0963. The maximum atomic E-state index is 11.5. The molecular weight excluding hydrogens is 330 g/mol. The molecule has 1 amide bonds. The third-order valence-electron chi connectivity index (χ3n) is 3.31. The topological polar surface area (TPSA) is 44.4 Å². The van der Waals surface area contributed by atoms with Gasteiger partial charge in [0, 0.05) is 36.9 Å². The number of anilines is 1. The lowest BCUT2D eigenvalue weighted by atomic mass is 10.1. The number of nitrogens with zero attached hydrogens (tertiary/aromatic N) is 1. The highest BCUT2D eigenvalue weighted by Crippen LogP contribution is 2.14. The van der Waals surface area contributed by atoms with Gasteiger partial charge in [-0.1, -0.05) is 23.7 Å². The van der Waals surface area contributed by atoms with Crippen LogP contribution in [-0.2, 0) is 6.54 Å². The third-order valence-corrected chi connectivity index (χ3v) is 3.97. The molecule has 0 radical (unpaired) electrons. The molecule has 2 rings (SSSR count). The van der Waals surface area contributed by atoms with Crippen molar-refractivity contribution in [3.05, 3.63) is 64.7 Å². The SMILES string of the molecule is CNC(=O)c1ccc(CN(C)C(=S)Nc2ccc(Cl)cc2)cc1. The highest BCUT2D eigenvalue weighted by atomic mass is 35.5. The second-order valence-corrected chi connectivity index (χ2v) is 5.89. The summed E-state index contributed by atoms with van der Waals surface area (Å²) in [7, 11) is 3.53. The molecule has 23 heavy (non-hydrogen) atoms. The van der Waals surface area contributed by atoms with Crippen LogP contribution in [0.4, 0.5) is 5.69 Å². The van der Waals surface area contributed by atoms with E-state index in [4.69, 9.17) is 23.8 Å². The number of nitrogens with one attached hydrogen (secondary N) is 2. The molecule has 0 aromatic heterocycles. The van der Waals surface area contributed by atoms with E-state index in [0.717, 1.165) is 11.3 Å². The lowest BCUT2D eigenvalue weighted by Crippen LogP contribution is -2.30. The second-order valence-electron chi connectivity index (χ2n) is 5.07. The van der Waals surface area contributed by atoms with Crippen molar-refractivity contribution in [2.45, 2.75) is 6.54 Å². The molecule has 2 aromatic carbocycles. The predicted molar refractivity (Wildman–Crippen MR) is 99.0 cm³/mol. The number of thiocarbonyl (C=S) groups is 1. The van der Waals surface area contributed by atoms with Crippen molar-refractivity contribution in [3.8, 4) is 0 Å². The maximum absolute atomic E-state index is 11.5. The summed E-state index contributed by atoms with van der Waals surface area (Å²) in [5.41, 5.74) is 2.60. The van der Waals surface area contributed by atoms with Gasteiger partial charge in [-0.2, -0.15) is 0 Å². The number of carbonyl (C=O) groups excluding carboxylic acids is 1. The molecule has 0 fully saturated rings. The zero-order valence-electron chi connectivity index (χ0n) is 13.0. The number of halogens is 1. The van der Waals surface area contributed by atoms with Gasteiger partial charge < -0.3 is 15.5 Å². The number of carbonyl (C=O) groups is 1. The Morgan fingerprint density at radius 2 is 1.74 bits per heavy atom. The van der Waals surface area contributed by atoms with Crippen LogP contribution in [0, 0.1) is 0 Å². The van der Waals surface area contributed by atoms with Crippen molar-refractivity contribution in [1.29, 1.82) is 0 Å². The maximum Gasteiger partial charge on any atom is 0.251 e. The van der Waals surface area contributed by atoms with Crippen LogP contribution in [0.3, 0.4) is 0 Å². The highest BCUT2D eigenvalue weighted by Gasteiger charge is 2.07. The fourth-order valence-electron chi connectivity index (χ4n) is 2.00. The first kappa shape index (κ1) is 17.2. The van der Waals surface area contributed by atoms with Gasteiger partial charge in [-0.3, -0.25) is 4.79 Å². The van der Waals surface area contributed by atoms with Crippen molar-refractivity contribution < 1.29 is 4.79 Å². The Hall–Kier alpha value is -2.11. The number of hydrogen-bond donors (Lipinski definition) is 2. The zero-order valence-corrected chi connectivity index (χ0v) is 14.5. The number of hydrogen-bond acceptors (Lipinski definition) is 2. The molecule has 4 nitrogen and oxygen atoms in total. The Labute approximate surface area is 146 Å². The van der Waals surface area contributed by atoms with Gasteiger partial charge in [0.1, 0.15) is 0 Å². The minimum Gasteiger partial charge on any atom is -0.355 e. The molecule has 120 valence electrons. The molecule has 6 heteroatoms. The Morgan fingerprint density at radius 1 is 1.13 bits per heavy atom. The summed E-state index contributed by atoms with van der Waals surface area (Å²) in [5.74, 6) is -0.0927. The van der Waals surface area contributed by atoms with Gasteiger partial charge in [0.15, 0.2) is 5.11 Å². The van der Waals surface area contributed by atoms with E-state index in [9.17, 15) is 4.79 Å². The molecule has 0 atom stereocenters. The molecule has 0 aliphatic heterocycles. The predicted octanol–water partition coefficient (Wildman–Crippen LogP) is 3.53. The molecule has 0 aliphatic carbocycles. The Morgan fingerprint density at radius 3 is 2.30 bits per heavy atom. The highest BCUT2D eigenvalue weighted by molar-refractivity contribution is 7.80. The molecule has 0 spiro atoms. The summed E-state index contributed by atoms with van der Waals surface area (Å²) in [5, 5.41) is 7.06. The van der Waals surface area contributed by atoms with E-state index in [1.165, 1.54) is 0 Å². The van der Waals surface area contributed by atoms with E-state index in [-0.39, 0.29) is 5.91 Å². The quantitative estimate of drug-likeness (QED) is 0.830. The van der Waals surface area contributed by atoms with Gasteiger partial charge in [0.2, 0.25) is 0 Å². The fraction of sp³-hybridized carbons (Fsp3) is 0.176. The Balaban J connectivity index is 1.95. The third kappa shape index (κ3) is 4.94. The lowest BCUT2D eigenvalue weighted by Gasteiger charge is -2.21. The van der Waals surface area contributed by atoms with Crippen LogP contribution in [0.15, 0.2) is 48.5 Å². The summed E-state index contributed by atoms with van der Waals surface area (Å²) in [4.78, 5) is 13.4. The van der Waals surface area contributed by atoms with E-state index in [0.29, 0.717) is 22.2 Å². The van der Waals surface area contributed by atoms with Gasteiger partial charge in [-0.25, -0.2) is 0 Å². The van der Waals surface area contributed by atoms with Crippen LogP contribution >= 0.6 is 23.8 Å². The van der Waals surface area contributed by atoms with Gasteiger partial charge >= 0.3 is 0 Å². The molecule has 0 aliphatic rings. The van der Waals surface area contributed by atoms with E-state index in [2.05, 4.69) is 10.6 Å². The summed E-state index contributed by atoms with van der Waals surface area (Å²) in [6.07, 6.45) is 0. The van der Waals surface area contributed by atoms with E-state index >= 15 is 0 Å². The first-order chi connectivity index (χ1) is 11.0. The molecular formula is C17H18ClN3OS. The standard InChI is InChI=1S/C17H18ClN3OS/c1-19-16(22)13-5-3-12(4-6-13)11-21(2)17(23)20-15-9-7-14(18)8-10-15/h3-10H,11H2,1-2H3,(H,19,22)(H,20,23). The van der Waals surface area contributed by atoms with Crippen LogP contribution in [-0.4, -0.2) is 30.0 Å². The van der Waals surface area contributed by atoms with Gasteiger partial charge in [0.05, 0.1) is 0 Å². The Bertz CT molecular complexity index is 686.